The molecule has 6 heteroatoms. The van der Waals surface area contributed by atoms with E-state index in [9.17, 15) is 4.79 Å². The van der Waals surface area contributed by atoms with Crippen LogP contribution in [0.1, 0.15) is 16.7 Å². The van der Waals surface area contributed by atoms with Gasteiger partial charge in [-0.15, -0.1) is 0 Å². The number of hydrogen-bond donors (Lipinski definition) is 1. The standard InChI is InChI=1S/C20H17N3O2S/c1-12-6-8-13(9-7-12)18-22-19-15(20(23-18)26-11-17(21)24)10-14-4-2-3-5-16(14)25-19/h2-9H,10-11H2,1H3,(H2,21,24). The molecule has 26 heavy (non-hydrogen) atoms. The predicted octanol–water partition coefficient (Wildman–Crippen LogP) is 3.73. The molecule has 1 aliphatic rings. The quantitative estimate of drug-likeness (QED) is 0.441. The zero-order valence-corrected chi connectivity index (χ0v) is 15.0. The maximum absolute atomic E-state index is 11.3. The lowest BCUT2D eigenvalue weighted by atomic mass is 10.0. The number of hydrogen-bond acceptors (Lipinski definition) is 5. The highest BCUT2D eigenvalue weighted by Gasteiger charge is 2.24. The lowest BCUT2D eigenvalue weighted by Crippen LogP contribution is -2.14. The van der Waals surface area contributed by atoms with Gasteiger partial charge < -0.3 is 10.5 Å². The number of primary amides is 1. The second-order valence-electron chi connectivity index (χ2n) is 6.14. The largest absolute Gasteiger partial charge is 0.438 e. The van der Waals surface area contributed by atoms with E-state index in [4.69, 9.17) is 15.5 Å². The van der Waals surface area contributed by atoms with Crippen molar-refractivity contribution in [2.45, 2.75) is 18.4 Å². The molecular formula is C20H17N3O2S. The highest BCUT2D eigenvalue weighted by atomic mass is 32.2. The van der Waals surface area contributed by atoms with Gasteiger partial charge in [-0.3, -0.25) is 4.79 Å². The summed E-state index contributed by atoms with van der Waals surface area (Å²) in [7, 11) is 0. The van der Waals surface area contributed by atoms with Crippen LogP contribution in [0.5, 0.6) is 11.6 Å². The van der Waals surface area contributed by atoms with Crippen LogP contribution < -0.4 is 10.5 Å². The second kappa shape index (κ2) is 6.80. The molecule has 0 aliphatic carbocycles. The van der Waals surface area contributed by atoms with Crippen molar-refractivity contribution in [2.24, 2.45) is 5.73 Å². The molecule has 0 saturated carbocycles. The van der Waals surface area contributed by atoms with Crippen LogP contribution in [-0.4, -0.2) is 21.6 Å². The zero-order valence-electron chi connectivity index (χ0n) is 14.2. The Kier molecular flexibility index (Phi) is 4.34. The molecule has 0 unspecified atom stereocenters. The molecule has 4 rings (SSSR count). The fourth-order valence-electron chi connectivity index (χ4n) is 2.81. The Morgan fingerprint density at radius 1 is 1.15 bits per heavy atom. The number of benzene rings is 2. The average molecular weight is 363 g/mol. The normalized spacial score (nSPS) is 12.0. The van der Waals surface area contributed by atoms with E-state index in [2.05, 4.69) is 4.98 Å². The number of carbonyl (C=O) groups excluding carboxylic acids is 1. The lowest BCUT2D eigenvalue weighted by molar-refractivity contribution is -0.115. The summed E-state index contributed by atoms with van der Waals surface area (Å²) in [5, 5.41) is 0.735. The Labute approximate surface area is 155 Å². The molecule has 2 N–H and O–H groups in total. The minimum Gasteiger partial charge on any atom is -0.438 e. The average Bonchev–Trinajstić information content (AvgIpc) is 2.65. The van der Waals surface area contributed by atoms with E-state index >= 15 is 0 Å². The van der Waals surface area contributed by atoms with Gasteiger partial charge in [0.15, 0.2) is 5.82 Å². The highest BCUT2D eigenvalue weighted by Crippen LogP contribution is 2.40. The van der Waals surface area contributed by atoms with Crippen LogP contribution in [0, 0.1) is 6.92 Å². The predicted molar refractivity (Wildman–Crippen MR) is 101 cm³/mol. The van der Waals surface area contributed by atoms with Gasteiger partial charge in [0.05, 0.1) is 11.3 Å². The van der Waals surface area contributed by atoms with Crippen LogP contribution in [-0.2, 0) is 11.2 Å². The molecule has 0 saturated heterocycles. The molecule has 1 amide bonds. The number of aromatic nitrogens is 2. The summed E-state index contributed by atoms with van der Waals surface area (Å²) in [6.07, 6.45) is 0.667. The summed E-state index contributed by atoms with van der Waals surface area (Å²) in [4.78, 5) is 20.6. The minimum absolute atomic E-state index is 0.165. The molecule has 2 aromatic carbocycles. The third kappa shape index (κ3) is 3.28. The number of nitrogens with zero attached hydrogens (tertiary/aromatic N) is 2. The Morgan fingerprint density at radius 2 is 1.92 bits per heavy atom. The number of fused-ring (bicyclic) bond motifs is 2. The zero-order chi connectivity index (χ0) is 18.1. The first kappa shape index (κ1) is 16.6. The maximum atomic E-state index is 11.3. The first-order valence-electron chi connectivity index (χ1n) is 8.25. The van der Waals surface area contributed by atoms with Crippen LogP contribution in [0.2, 0.25) is 0 Å². The van der Waals surface area contributed by atoms with Crippen LogP contribution >= 0.6 is 11.8 Å². The molecule has 3 aromatic rings. The van der Waals surface area contributed by atoms with Gasteiger partial charge in [0, 0.05) is 12.0 Å². The van der Waals surface area contributed by atoms with Crippen LogP contribution in [0.4, 0.5) is 0 Å². The second-order valence-corrected chi connectivity index (χ2v) is 7.11. The van der Waals surface area contributed by atoms with Crippen LogP contribution in [0.15, 0.2) is 53.6 Å². The highest BCUT2D eigenvalue weighted by molar-refractivity contribution is 7.99. The number of thioether (sulfide) groups is 1. The summed E-state index contributed by atoms with van der Waals surface area (Å²) in [5.74, 6) is 1.71. The Hall–Kier alpha value is -2.86. The van der Waals surface area contributed by atoms with Crippen LogP contribution in [0.3, 0.4) is 0 Å². The third-order valence-corrected chi connectivity index (χ3v) is 5.18. The van der Waals surface area contributed by atoms with Gasteiger partial charge in [-0.05, 0) is 18.6 Å². The first-order chi connectivity index (χ1) is 12.6. The van der Waals surface area contributed by atoms with Crippen molar-refractivity contribution in [1.29, 1.82) is 0 Å². The minimum atomic E-state index is -0.378. The van der Waals surface area contributed by atoms with Crippen molar-refractivity contribution in [3.05, 3.63) is 65.2 Å². The van der Waals surface area contributed by atoms with Gasteiger partial charge in [-0.1, -0.05) is 59.8 Å². The van der Waals surface area contributed by atoms with Crippen molar-refractivity contribution in [2.75, 3.05) is 5.75 Å². The molecule has 1 aromatic heterocycles. The van der Waals surface area contributed by atoms with Gasteiger partial charge in [0.25, 0.3) is 0 Å². The molecule has 2 heterocycles. The topological polar surface area (TPSA) is 78.1 Å². The van der Waals surface area contributed by atoms with Crippen molar-refractivity contribution in [1.82, 2.24) is 9.97 Å². The Balaban J connectivity index is 1.80. The summed E-state index contributed by atoms with van der Waals surface area (Å²) >= 11 is 1.32. The van der Waals surface area contributed by atoms with E-state index in [0.717, 1.165) is 27.5 Å². The smallest absolute Gasteiger partial charge is 0.227 e. The van der Waals surface area contributed by atoms with Crippen LogP contribution in [0.25, 0.3) is 11.4 Å². The third-order valence-electron chi connectivity index (χ3n) is 4.14. The fraction of sp³-hybridized carbons (Fsp3) is 0.150. The van der Waals surface area contributed by atoms with E-state index in [-0.39, 0.29) is 11.7 Å². The van der Waals surface area contributed by atoms with Crippen molar-refractivity contribution >= 4 is 17.7 Å². The maximum Gasteiger partial charge on any atom is 0.227 e. The first-order valence-corrected chi connectivity index (χ1v) is 9.23. The van der Waals surface area contributed by atoms with Gasteiger partial charge >= 0.3 is 0 Å². The SMILES string of the molecule is Cc1ccc(-c2nc3c(c(SCC(N)=O)n2)Cc2ccccc2O3)cc1. The summed E-state index contributed by atoms with van der Waals surface area (Å²) in [6, 6.07) is 15.9. The monoisotopic (exact) mass is 363 g/mol. The molecule has 0 bridgehead atoms. The van der Waals surface area contributed by atoms with E-state index < -0.39 is 0 Å². The molecule has 130 valence electrons. The van der Waals surface area contributed by atoms with Crippen molar-refractivity contribution in [3.8, 4) is 23.0 Å². The number of carbonyl (C=O) groups is 1. The number of amides is 1. The van der Waals surface area contributed by atoms with Gasteiger partial charge in [0.2, 0.25) is 11.8 Å². The molecular weight excluding hydrogens is 346 g/mol. The van der Waals surface area contributed by atoms with Crippen molar-refractivity contribution in [3.63, 3.8) is 0 Å². The number of aryl methyl sites for hydroxylation is 1. The van der Waals surface area contributed by atoms with Gasteiger partial charge in [-0.2, -0.15) is 4.98 Å². The van der Waals surface area contributed by atoms with E-state index in [1.807, 2.05) is 55.5 Å². The summed E-state index contributed by atoms with van der Waals surface area (Å²) < 4.78 is 6.03. The van der Waals surface area contributed by atoms with Gasteiger partial charge in [-0.25, -0.2) is 4.98 Å². The van der Waals surface area contributed by atoms with E-state index in [1.165, 1.54) is 17.3 Å². The molecule has 5 nitrogen and oxygen atoms in total. The molecule has 0 spiro atoms. The van der Waals surface area contributed by atoms with Crippen molar-refractivity contribution < 1.29 is 9.53 Å². The number of nitrogens with two attached hydrogens (primary N) is 1. The van der Waals surface area contributed by atoms with E-state index in [1.54, 1.807) is 0 Å². The molecule has 1 aliphatic heterocycles. The van der Waals surface area contributed by atoms with Gasteiger partial charge in [0.1, 0.15) is 10.8 Å². The number of rotatable bonds is 4. The molecule has 0 atom stereocenters. The summed E-state index contributed by atoms with van der Waals surface area (Å²) in [5.41, 5.74) is 9.37. The molecule has 0 fully saturated rings. The van der Waals surface area contributed by atoms with E-state index in [0.29, 0.717) is 18.1 Å². The molecule has 0 radical (unpaired) electrons. The number of para-hydroxylation sites is 1. The lowest BCUT2D eigenvalue weighted by Gasteiger charge is -2.21. The summed E-state index contributed by atoms with van der Waals surface area (Å²) in [6.45, 7) is 2.03. The Bertz CT molecular complexity index is 987. The fourth-order valence-corrected chi connectivity index (χ4v) is 3.58. The Morgan fingerprint density at radius 3 is 2.69 bits per heavy atom. The number of ether oxygens (including phenoxy) is 1.